The van der Waals surface area contributed by atoms with Crippen molar-refractivity contribution in [3.8, 4) is 0 Å². The van der Waals surface area contributed by atoms with E-state index in [9.17, 15) is 32.7 Å². The molecular weight excluding hydrogens is 329 g/mol. The fourth-order valence-corrected chi connectivity index (χ4v) is 2.48. The topological polar surface area (TPSA) is 95.5 Å². The molecule has 1 aromatic rings. The van der Waals surface area contributed by atoms with Gasteiger partial charge in [0.15, 0.2) is 0 Å². The molecule has 0 saturated carbocycles. The van der Waals surface area contributed by atoms with Crippen LogP contribution in [0, 0.1) is 0 Å². The molecule has 0 unspecified atom stereocenters. The number of alkyl halides is 3. The highest BCUT2D eigenvalue weighted by Gasteiger charge is 2.35. The van der Waals surface area contributed by atoms with Crippen LogP contribution in [0.1, 0.15) is 24.0 Å². The zero-order valence-electron chi connectivity index (χ0n) is 12.4. The summed E-state index contributed by atoms with van der Waals surface area (Å²) in [5, 5.41) is 13.7. The van der Waals surface area contributed by atoms with Gasteiger partial charge in [0.05, 0.1) is 5.56 Å². The van der Waals surface area contributed by atoms with Gasteiger partial charge in [-0.2, -0.15) is 13.2 Å². The first kappa shape index (κ1) is 17.8. The quantitative estimate of drug-likeness (QED) is 0.745. The molecular formula is C15H15F3N2O4. The van der Waals surface area contributed by atoms with Crippen LogP contribution in [0.3, 0.4) is 0 Å². The third-order valence-electron chi connectivity index (χ3n) is 3.67. The Balaban J connectivity index is 2.14. The van der Waals surface area contributed by atoms with E-state index in [0.29, 0.717) is 0 Å². The van der Waals surface area contributed by atoms with Gasteiger partial charge in [0.25, 0.3) is 0 Å². The predicted octanol–water partition coefficient (Wildman–Crippen LogP) is 1.10. The van der Waals surface area contributed by atoms with Crippen molar-refractivity contribution in [3.63, 3.8) is 0 Å². The second-order valence-electron chi connectivity index (χ2n) is 5.42. The van der Waals surface area contributed by atoms with Gasteiger partial charge in [0.2, 0.25) is 11.8 Å². The van der Waals surface area contributed by atoms with Crippen molar-refractivity contribution in [1.29, 1.82) is 0 Å². The molecule has 1 aliphatic heterocycles. The third kappa shape index (κ3) is 4.24. The maximum absolute atomic E-state index is 13.0. The van der Waals surface area contributed by atoms with E-state index in [4.69, 9.17) is 0 Å². The Labute approximate surface area is 135 Å². The van der Waals surface area contributed by atoms with Crippen LogP contribution in [0.2, 0.25) is 0 Å². The number of hydrogen-bond acceptors (Lipinski definition) is 3. The summed E-state index contributed by atoms with van der Waals surface area (Å²) in [6.45, 7) is 0. The first-order valence-electron chi connectivity index (χ1n) is 7.16. The van der Waals surface area contributed by atoms with Crippen molar-refractivity contribution in [2.24, 2.45) is 0 Å². The summed E-state index contributed by atoms with van der Waals surface area (Å²) in [6.07, 6.45) is -4.77. The smallest absolute Gasteiger partial charge is 0.416 e. The molecule has 2 atom stereocenters. The minimum Gasteiger partial charge on any atom is -0.480 e. The Morgan fingerprint density at radius 2 is 2.00 bits per heavy atom. The van der Waals surface area contributed by atoms with Crippen LogP contribution in [-0.4, -0.2) is 35.0 Å². The molecule has 0 bridgehead atoms. The largest absolute Gasteiger partial charge is 0.480 e. The number of carbonyl (C=O) groups is 3. The van der Waals surface area contributed by atoms with Gasteiger partial charge in [0.1, 0.15) is 12.1 Å². The molecule has 6 nitrogen and oxygen atoms in total. The van der Waals surface area contributed by atoms with Gasteiger partial charge in [-0.05, 0) is 18.1 Å². The summed E-state index contributed by atoms with van der Waals surface area (Å²) in [4.78, 5) is 34.4. The first-order valence-corrected chi connectivity index (χ1v) is 7.16. The molecule has 9 heteroatoms. The van der Waals surface area contributed by atoms with Crippen LogP contribution in [0.5, 0.6) is 0 Å². The highest BCUT2D eigenvalue weighted by atomic mass is 19.4. The fraction of sp³-hybridized carbons (Fsp3) is 0.400. The van der Waals surface area contributed by atoms with Crippen molar-refractivity contribution in [3.05, 3.63) is 35.4 Å². The van der Waals surface area contributed by atoms with E-state index in [1.165, 1.54) is 18.2 Å². The highest BCUT2D eigenvalue weighted by Crippen LogP contribution is 2.32. The van der Waals surface area contributed by atoms with Gasteiger partial charge in [-0.25, -0.2) is 4.79 Å². The molecule has 0 aromatic heterocycles. The Bertz CT molecular complexity index is 660. The Morgan fingerprint density at radius 3 is 2.54 bits per heavy atom. The van der Waals surface area contributed by atoms with Gasteiger partial charge < -0.3 is 15.7 Å². The van der Waals surface area contributed by atoms with E-state index in [-0.39, 0.29) is 24.3 Å². The Morgan fingerprint density at radius 1 is 1.33 bits per heavy atom. The number of carbonyl (C=O) groups excluding carboxylic acids is 2. The fourth-order valence-electron chi connectivity index (χ4n) is 2.48. The number of hydrogen-bond donors (Lipinski definition) is 3. The Hall–Kier alpha value is -2.58. The van der Waals surface area contributed by atoms with Gasteiger partial charge in [0, 0.05) is 12.8 Å². The van der Waals surface area contributed by atoms with Crippen molar-refractivity contribution < 1.29 is 32.7 Å². The first-order chi connectivity index (χ1) is 11.2. The van der Waals surface area contributed by atoms with E-state index in [1.807, 2.05) is 0 Å². The summed E-state index contributed by atoms with van der Waals surface area (Å²) in [5.41, 5.74) is -1.17. The SMILES string of the molecule is O=C1CC[C@H](C(=O)N[C@@H](Cc2ccccc2C(F)(F)F)C(=O)O)N1. The molecule has 130 valence electrons. The molecule has 0 aliphatic carbocycles. The molecule has 3 N–H and O–H groups in total. The van der Waals surface area contributed by atoms with Crippen LogP contribution in [0.25, 0.3) is 0 Å². The summed E-state index contributed by atoms with van der Waals surface area (Å²) < 4.78 is 38.9. The minimum atomic E-state index is -4.62. The number of carboxylic acid groups (broad SMARTS) is 1. The number of benzene rings is 1. The maximum Gasteiger partial charge on any atom is 0.416 e. The third-order valence-corrected chi connectivity index (χ3v) is 3.67. The lowest BCUT2D eigenvalue weighted by atomic mass is 9.99. The lowest BCUT2D eigenvalue weighted by molar-refractivity contribution is -0.143. The molecule has 24 heavy (non-hydrogen) atoms. The molecule has 0 spiro atoms. The lowest BCUT2D eigenvalue weighted by Crippen LogP contribution is -2.49. The Kier molecular flexibility index (Phi) is 5.10. The average Bonchev–Trinajstić information content (AvgIpc) is 2.92. The van der Waals surface area contributed by atoms with Crippen molar-refractivity contribution in [2.75, 3.05) is 0 Å². The maximum atomic E-state index is 13.0. The van der Waals surface area contributed by atoms with E-state index in [0.717, 1.165) is 6.07 Å². The molecule has 0 radical (unpaired) electrons. The van der Waals surface area contributed by atoms with Crippen LogP contribution < -0.4 is 10.6 Å². The average molecular weight is 344 g/mol. The number of amides is 2. The predicted molar refractivity (Wildman–Crippen MR) is 75.9 cm³/mol. The number of aliphatic carboxylic acids is 1. The van der Waals surface area contributed by atoms with Gasteiger partial charge in [-0.1, -0.05) is 18.2 Å². The second kappa shape index (κ2) is 6.90. The zero-order valence-corrected chi connectivity index (χ0v) is 12.4. The van der Waals surface area contributed by atoms with Gasteiger partial charge in [-0.3, -0.25) is 9.59 Å². The van der Waals surface area contributed by atoms with E-state index in [2.05, 4.69) is 10.6 Å². The van der Waals surface area contributed by atoms with Crippen molar-refractivity contribution in [2.45, 2.75) is 37.5 Å². The molecule has 1 heterocycles. The van der Waals surface area contributed by atoms with Crippen LogP contribution >= 0.6 is 0 Å². The van der Waals surface area contributed by atoms with Crippen LogP contribution in [0.15, 0.2) is 24.3 Å². The van der Waals surface area contributed by atoms with E-state index >= 15 is 0 Å². The van der Waals surface area contributed by atoms with E-state index in [1.54, 1.807) is 0 Å². The highest BCUT2D eigenvalue weighted by molar-refractivity contribution is 5.92. The van der Waals surface area contributed by atoms with Crippen LogP contribution in [-0.2, 0) is 27.0 Å². The molecule has 1 aromatic carbocycles. The second-order valence-corrected chi connectivity index (χ2v) is 5.42. The lowest BCUT2D eigenvalue weighted by Gasteiger charge is -2.19. The van der Waals surface area contributed by atoms with Crippen molar-refractivity contribution >= 4 is 17.8 Å². The van der Waals surface area contributed by atoms with Crippen LogP contribution in [0.4, 0.5) is 13.2 Å². The number of halogens is 3. The zero-order chi connectivity index (χ0) is 17.9. The summed E-state index contributed by atoms with van der Waals surface area (Å²) in [5.74, 6) is -2.51. The van der Waals surface area contributed by atoms with E-state index < -0.39 is 42.1 Å². The standard InChI is InChI=1S/C15H15F3N2O4/c16-15(17,18)9-4-2-1-3-8(9)7-11(14(23)24)20-13(22)10-5-6-12(21)19-10/h1-4,10-11H,5-7H2,(H,19,21)(H,20,22)(H,23,24)/t10-,11+/m1/s1. The summed E-state index contributed by atoms with van der Waals surface area (Å²) >= 11 is 0. The summed E-state index contributed by atoms with van der Waals surface area (Å²) in [6, 6.07) is 2.20. The summed E-state index contributed by atoms with van der Waals surface area (Å²) in [7, 11) is 0. The number of carboxylic acids is 1. The number of rotatable bonds is 5. The van der Waals surface area contributed by atoms with Crippen molar-refractivity contribution in [1.82, 2.24) is 10.6 Å². The molecule has 1 fully saturated rings. The molecule has 2 rings (SSSR count). The van der Waals surface area contributed by atoms with Gasteiger partial charge in [-0.15, -0.1) is 0 Å². The molecule has 1 saturated heterocycles. The minimum absolute atomic E-state index is 0.146. The normalized spacial score (nSPS) is 18.8. The molecule has 1 aliphatic rings. The van der Waals surface area contributed by atoms with Gasteiger partial charge >= 0.3 is 12.1 Å². The molecule has 2 amide bonds. The number of nitrogens with one attached hydrogen (secondary N) is 2. The monoisotopic (exact) mass is 344 g/mol.